The van der Waals surface area contributed by atoms with E-state index in [1.54, 1.807) is 0 Å². The smallest absolute Gasteiger partial charge is 0.119 e. The van der Waals surface area contributed by atoms with E-state index in [-0.39, 0.29) is 6.10 Å². The minimum atomic E-state index is -0.492. The molecule has 2 aromatic rings. The van der Waals surface area contributed by atoms with Crippen LogP contribution in [0.2, 0.25) is 0 Å². The first-order chi connectivity index (χ1) is 12.2. The second-order valence-electron chi connectivity index (χ2n) is 6.65. The molecule has 0 bridgehead atoms. The molecule has 4 nitrogen and oxygen atoms in total. The van der Waals surface area contributed by atoms with Gasteiger partial charge in [0.1, 0.15) is 12.4 Å². The number of rotatable bonds is 8. The number of nitrogens with one attached hydrogen (secondary N) is 1. The molecule has 3 rings (SSSR count). The predicted octanol–water partition coefficient (Wildman–Crippen LogP) is 3.38. The molecule has 0 aromatic heterocycles. The molecule has 1 aliphatic heterocycles. The molecule has 1 heterocycles. The van der Waals surface area contributed by atoms with Crippen molar-refractivity contribution in [3.8, 4) is 5.75 Å². The summed E-state index contributed by atoms with van der Waals surface area (Å²) in [5.41, 5.74) is 3.28. The van der Waals surface area contributed by atoms with Gasteiger partial charge in [0.2, 0.25) is 0 Å². The van der Waals surface area contributed by atoms with Crippen molar-refractivity contribution in [2.75, 3.05) is 19.8 Å². The van der Waals surface area contributed by atoms with Gasteiger partial charge in [-0.3, -0.25) is 0 Å². The lowest BCUT2D eigenvalue weighted by molar-refractivity contribution is 0.0679. The highest BCUT2D eigenvalue weighted by Gasteiger charge is 2.15. The quantitative estimate of drug-likeness (QED) is 0.773. The Hall–Kier alpha value is -1.88. The van der Waals surface area contributed by atoms with Crippen LogP contribution in [0.4, 0.5) is 0 Å². The topological polar surface area (TPSA) is 50.7 Å². The van der Waals surface area contributed by atoms with E-state index in [1.165, 1.54) is 5.56 Å². The lowest BCUT2D eigenvalue weighted by atomic mass is 10.1. The number of benzene rings is 2. The molecule has 0 spiro atoms. The highest BCUT2D eigenvalue weighted by molar-refractivity contribution is 5.27. The first-order valence-corrected chi connectivity index (χ1v) is 8.99. The van der Waals surface area contributed by atoms with Crippen LogP contribution in [0.5, 0.6) is 5.75 Å². The summed E-state index contributed by atoms with van der Waals surface area (Å²) in [6.07, 6.45) is 1.97. The van der Waals surface area contributed by atoms with Gasteiger partial charge in [0.25, 0.3) is 0 Å². The third-order valence-corrected chi connectivity index (χ3v) is 4.48. The standard InChI is InChI=1S/C21H27NO3/c1-16-4-2-5-18(12-16)21(23)14-22-13-17-7-9-19(10-8-17)25-15-20-6-3-11-24-20/h2,4-5,7-10,12,20-23H,3,6,11,13-15H2,1H3. The summed E-state index contributed by atoms with van der Waals surface area (Å²) in [5.74, 6) is 0.874. The number of aliphatic hydroxyl groups excluding tert-OH is 1. The molecule has 0 radical (unpaired) electrons. The Bertz CT molecular complexity index is 650. The predicted molar refractivity (Wildman–Crippen MR) is 98.8 cm³/mol. The molecule has 0 saturated carbocycles. The SMILES string of the molecule is Cc1cccc(C(O)CNCc2ccc(OCC3CCCO3)cc2)c1. The van der Waals surface area contributed by atoms with Gasteiger partial charge in [-0.1, -0.05) is 42.0 Å². The summed E-state index contributed by atoms with van der Waals surface area (Å²) in [7, 11) is 0. The Labute approximate surface area is 149 Å². The normalized spacial score (nSPS) is 18.2. The molecule has 1 saturated heterocycles. The van der Waals surface area contributed by atoms with Crippen molar-refractivity contribution in [3.05, 3.63) is 65.2 Å². The summed E-state index contributed by atoms with van der Waals surface area (Å²) >= 11 is 0. The van der Waals surface area contributed by atoms with Gasteiger partial charge in [-0.05, 0) is 43.0 Å². The van der Waals surface area contributed by atoms with Gasteiger partial charge < -0.3 is 19.9 Å². The van der Waals surface area contributed by atoms with Gasteiger partial charge in [0, 0.05) is 19.7 Å². The van der Waals surface area contributed by atoms with Crippen molar-refractivity contribution >= 4 is 0 Å². The molecule has 2 aromatic carbocycles. The van der Waals surface area contributed by atoms with Crippen LogP contribution >= 0.6 is 0 Å². The van der Waals surface area contributed by atoms with Crippen LogP contribution in [-0.4, -0.2) is 31.0 Å². The molecule has 2 atom stereocenters. The molecule has 0 aliphatic carbocycles. The van der Waals surface area contributed by atoms with E-state index in [2.05, 4.69) is 17.4 Å². The van der Waals surface area contributed by atoms with Crippen molar-refractivity contribution in [3.63, 3.8) is 0 Å². The molecule has 1 aliphatic rings. The highest BCUT2D eigenvalue weighted by atomic mass is 16.5. The van der Waals surface area contributed by atoms with Gasteiger partial charge in [-0.2, -0.15) is 0 Å². The summed E-state index contributed by atoms with van der Waals surface area (Å²) in [6.45, 7) is 4.76. The molecule has 1 fully saturated rings. The Balaban J connectivity index is 1.40. The van der Waals surface area contributed by atoms with E-state index in [0.29, 0.717) is 13.2 Å². The minimum absolute atomic E-state index is 0.240. The average Bonchev–Trinajstić information content (AvgIpc) is 3.14. The number of hydrogen-bond donors (Lipinski definition) is 2. The van der Waals surface area contributed by atoms with E-state index >= 15 is 0 Å². The highest BCUT2D eigenvalue weighted by Crippen LogP contribution is 2.17. The van der Waals surface area contributed by atoms with E-state index < -0.39 is 6.10 Å². The number of ether oxygens (including phenoxy) is 2. The zero-order valence-corrected chi connectivity index (χ0v) is 14.8. The summed E-state index contributed by atoms with van der Waals surface area (Å²) in [4.78, 5) is 0. The first-order valence-electron chi connectivity index (χ1n) is 8.99. The van der Waals surface area contributed by atoms with Crippen molar-refractivity contribution < 1.29 is 14.6 Å². The summed E-state index contributed by atoms with van der Waals surface area (Å²) in [5, 5.41) is 13.6. The van der Waals surface area contributed by atoms with Crippen molar-refractivity contribution in [1.29, 1.82) is 0 Å². The Morgan fingerprint density at radius 2 is 2.08 bits per heavy atom. The molecular weight excluding hydrogens is 314 g/mol. The van der Waals surface area contributed by atoms with Gasteiger partial charge in [0.15, 0.2) is 0 Å². The fourth-order valence-electron chi connectivity index (χ4n) is 3.02. The number of aliphatic hydroxyl groups is 1. The Morgan fingerprint density at radius 1 is 1.24 bits per heavy atom. The molecule has 0 amide bonds. The second kappa shape index (κ2) is 8.99. The maximum absolute atomic E-state index is 10.2. The molecule has 25 heavy (non-hydrogen) atoms. The monoisotopic (exact) mass is 341 g/mol. The fourth-order valence-corrected chi connectivity index (χ4v) is 3.02. The third kappa shape index (κ3) is 5.56. The zero-order chi connectivity index (χ0) is 17.5. The summed E-state index contributed by atoms with van der Waals surface area (Å²) < 4.78 is 11.3. The Kier molecular flexibility index (Phi) is 6.45. The fraction of sp³-hybridized carbons (Fsp3) is 0.429. The van der Waals surface area contributed by atoms with Crippen molar-refractivity contribution in [2.24, 2.45) is 0 Å². The Morgan fingerprint density at radius 3 is 2.80 bits per heavy atom. The molecule has 2 unspecified atom stereocenters. The van der Waals surface area contributed by atoms with Gasteiger partial charge >= 0.3 is 0 Å². The molecule has 2 N–H and O–H groups in total. The van der Waals surface area contributed by atoms with E-state index in [0.717, 1.165) is 42.9 Å². The van der Waals surface area contributed by atoms with Crippen LogP contribution < -0.4 is 10.1 Å². The van der Waals surface area contributed by atoms with Gasteiger partial charge in [-0.15, -0.1) is 0 Å². The van der Waals surface area contributed by atoms with Crippen LogP contribution in [0, 0.1) is 6.92 Å². The van der Waals surface area contributed by atoms with Gasteiger partial charge in [0.05, 0.1) is 12.2 Å². The van der Waals surface area contributed by atoms with Crippen LogP contribution in [0.1, 0.15) is 35.6 Å². The molecule has 134 valence electrons. The average molecular weight is 341 g/mol. The van der Waals surface area contributed by atoms with Crippen LogP contribution in [0.3, 0.4) is 0 Å². The number of aryl methyl sites for hydroxylation is 1. The number of hydrogen-bond acceptors (Lipinski definition) is 4. The minimum Gasteiger partial charge on any atom is -0.491 e. The van der Waals surface area contributed by atoms with E-state index in [9.17, 15) is 5.11 Å². The van der Waals surface area contributed by atoms with Crippen LogP contribution in [0.25, 0.3) is 0 Å². The molecular formula is C21H27NO3. The van der Waals surface area contributed by atoms with E-state index in [1.807, 2.05) is 43.3 Å². The first kappa shape index (κ1) is 17.9. The molecule has 4 heteroatoms. The zero-order valence-electron chi connectivity index (χ0n) is 14.8. The largest absolute Gasteiger partial charge is 0.491 e. The lowest BCUT2D eigenvalue weighted by Crippen LogP contribution is -2.21. The van der Waals surface area contributed by atoms with Gasteiger partial charge in [-0.25, -0.2) is 0 Å². The van der Waals surface area contributed by atoms with Crippen molar-refractivity contribution in [2.45, 2.75) is 38.5 Å². The van der Waals surface area contributed by atoms with Crippen molar-refractivity contribution in [1.82, 2.24) is 5.32 Å². The maximum atomic E-state index is 10.2. The summed E-state index contributed by atoms with van der Waals surface area (Å²) in [6, 6.07) is 16.1. The van der Waals surface area contributed by atoms with E-state index in [4.69, 9.17) is 9.47 Å². The van der Waals surface area contributed by atoms with Crippen LogP contribution in [-0.2, 0) is 11.3 Å². The van der Waals surface area contributed by atoms with Crippen LogP contribution in [0.15, 0.2) is 48.5 Å². The lowest BCUT2D eigenvalue weighted by Gasteiger charge is -2.14. The third-order valence-electron chi connectivity index (χ3n) is 4.48. The second-order valence-corrected chi connectivity index (χ2v) is 6.65. The maximum Gasteiger partial charge on any atom is 0.119 e.